The van der Waals surface area contributed by atoms with Gasteiger partial charge >= 0.3 is 0 Å². The van der Waals surface area contributed by atoms with Gasteiger partial charge in [0.1, 0.15) is 0 Å². The average Bonchev–Trinajstić information content (AvgIpc) is 2.48. The highest BCUT2D eigenvalue weighted by atomic mass is 79.9. The third-order valence-electron chi connectivity index (χ3n) is 4.68. The Morgan fingerprint density at radius 1 is 1.20 bits per heavy atom. The van der Waals surface area contributed by atoms with E-state index in [9.17, 15) is 0 Å². The van der Waals surface area contributed by atoms with Gasteiger partial charge in [0.2, 0.25) is 0 Å². The van der Waals surface area contributed by atoms with Gasteiger partial charge in [-0.15, -0.1) is 0 Å². The van der Waals surface area contributed by atoms with Crippen LogP contribution in [0.5, 0.6) is 0 Å². The first-order chi connectivity index (χ1) is 9.78. The molecule has 1 heterocycles. The van der Waals surface area contributed by atoms with Crippen LogP contribution in [0.15, 0.2) is 28.7 Å². The number of benzene rings is 1. The maximum atomic E-state index is 5.17. The minimum atomic E-state index is -0.388. The molecule has 0 spiro atoms. The molecule has 1 aromatic carbocycles. The van der Waals surface area contributed by atoms with Crippen LogP contribution in [0.4, 0.5) is 0 Å². The first-order valence-electron chi connectivity index (χ1n) is 8.01. The van der Waals surface area contributed by atoms with E-state index in [2.05, 4.69) is 40.2 Å². The molecule has 1 aliphatic heterocycles. The molecule has 1 fully saturated rings. The lowest BCUT2D eigenvalue weighted by Gasteiger charge is -2.27. The Labute approximate surface area is 133 Å². The Hall–Kier alpha value is -0.123. The van der Waals surface area contributed by atoms with Gasteiger partial charge in [-0.05, 0) is 42.9 Å². The Morgan fingerprint density at radius 2 is 1.90 bits per heavy atom. The fourth-order valence-electron chi connectivity index (χ4n) is 3.35. The van der Waals surface area contributed by atoms with E-state index in [-0.39, 0.29) is 8.80 Å². The van der Waals surface area contributed by atoms with Crippen molar-refractivity contribution in [2.75, 3.05) is 13.7 Å². The first-order valence-corrected chi connectivity index (χ1v) is 11.3. The van der Waals surface area contributed by atoms with Crippen molar-refractivity contribution >= 4 is 24.7 Å². The Bertz CT molecular complexity index is 371. The summed E-state index contributed by atoms with van der Waals surface area (Å²) in [4.78, 5) is 0. The zero-order chi connectivity index (χ0) is 14.2. The van der Waals surface area contributed by atoms with Gasteiger partial charge in [0.05, 0.1) is 0 Å². The molecule has 1 saturated heterocycles. The summed E-state index contributed by atoms with van der Waals surface area (Å²) in [7, 11) is 1.43. The van der Waals surface area contributed by atoms with E-state index >= 15 is 0 Å². The third-order valence-corrected chi connectivity index (χ3v) is 8.73. The van der Waals surface area contributed by atoms with Crippen molar-refractivity contribution in [1.29, 1.82) is 0 Å². The highest BCUT2D eigenvalue weighted by molar-refractivity contribution is 9.10. The zero-order valence-electron chi connectivity index (χ0n) is 12.6. The standard InChI is InChI=1S/C17H27BrOSi/c1-19-11-2-12-20-13-9-16(10-14-20)4-3-15-5-7-17(18)8-6-15/h5-8,16,20H,2-4,9-14H2,1H3/t16-,20-. The summed E-state index contributed by atoms with van der Waals surface area (Å²) in [6.45, 7) is 0.969. The van der Waals surface area contributed by atoms with Crippen LogP contribution in [0.1, 0.15) is 31.2 Å². The predicted octanol–water partition coefficient (Wildman–Crippen LogP) is 5.06. The number of aryl methyl sites for hydroxylation is 1. The minimum Gasteiger partial charge on any atom is -0.385 e. The second kappa shape index (κ2) is 9.01. The molecule has 112 valence electrons. The van der Waals surface area contributed by atoms with Crippen LogP contribution in [-0.2, 0) is 11.2 Å². The Kier molecular flexibility index (Phi) is 7.32. The van der Waals surface area contributed by atoms with E-state index in [1.807, 2.05) is 7.11 Å². The number of ether oxygens (including phenoxy) is 1. The van der Waals surface area contributed by atoms with Crippen LogP contribution >= 0.6 is 15.9 Å². The molecule has 1 aromatic rings. The second-order valence-electron chi connectivity index (χ2n) is 6.19. The molecule has 0 bridgehead atoms. The smallest absolute Gasteiger partial charge is 0.0459 e. The molecule has 3 heteroatoms. The molecule has 2 rings (SSSR count). The van der Waals surface area contributed by atoms with Crippen molar-refractivity contribution in [3.05, 3.63) is 34.3 Å². The molecule has 0 aromatic heterocycles. The lowest BCUT2D eigenvalue weighted by Crippen LogP contribution is -2.22. The molecule has 1 aliphatic rings. The van der Waals surface area contributed by atoms with Crippen LogP contribution in [0.25, 0.3) is 0 Å². The number of hydrogen-bond acceptors (Lipinski definition) is 1. The van der Waals surface area contributed by atoms with E-state index in [1.54, 1.807) is 12.1 Å². The number of hydrogen-bond donors (Lipinski definition) is 0. The van der Waals surface area contributed by atoms with Gasteiger partial charge in [-0.1, -0.05) is 59.0 Å². The molecule has 1 nitrogen and oxygen atoms in total. The van der Waals surface area contributed by atoms with Crippen LogP contribution in [0, 0.1) is 5.92 Å². The van der Waals surface area contributed by atoms with Crippen molar-refractivity contribution in [3.63, 3.8) is 0 Å². The van der Waals surface area contributed by atoms with E-state index in [4.69, 9.17) is 4.74 Å². The molecular weight excluding hydrogens is 328 g/mol. The topological polar surface area (TPSA) is 9.23 Å². The van der Waals surface area contributed by atoms with Gasteiger partial charge < -0.3 is 4.74 Å². The maximum absolute atomic E-state index is 5.17. The molecule has 0 radical (unpaired) electrons. The first kappa shape index (κ1) is 16.3. The lowest BCUT2D eigenvalue weighted by atomic mass is 9.94. The van der Waals surface area contributed by atoms with Crippen LogP contribution in [0.3, 0.4) is 0 Å². The fourth-order valence-corrected chi connectivity index (χ4v) is 7.11. The summed E-state index contributed by atoms with van der Waals surface area (Å²) in [5.41, 5.74) is 1.49. The van der Waals surface area contributed by atoms with Crippen molar-refractivity contribution in [2.24, 2.45) is 5.92 Å². The summed E-state index contributed by atoms with van der Waals surface area (Å²) < 4.78 is 6.35. The highest BCUT2D eigenvalue weighted by Crippen LogP contribution is 2.30. The Morgan fingerprint density at radius 3 is 2.55 bits per heavy atom. The summed E-state index contributed by atoms with van der Waals surface area (Å²) in [6, 6.07) is 13.5. The van der Waals surface area contributed by atoms with E-state index < -0.39 is 0 Å². The monoisotopic (exact) mass is 354 g/mol. The van der Waals surface area contributed by atoms with Gasteiger partial charge in [0, 0.05) is 27.0 Å². The number of methoxy groups -OCH3 is 1. The van der Waals surface area contributed by atoms with E-state index in [0.717, 1.165) is 12.5 Å². The van der Waals surface area contributed by atoms with Crippen molar-refractivity contribution < 1.29 is 4.74 Å². The average molecular weight is 355 g/mol. The molecular formula is C17H27BrOSi. The minimum absolute atomic E-state index is 0.388. The highest BCUT2D eigenvalue weighted by Gasteiger charge is 2.21. The predicted molar refractivity (Wildman–Crippen MR) is 93.3 cm³/mol. The largest absolute Gasteiger partial charge is 0.385 e. The van der Waals surface area contributed by atoms with Gasteiger partial charge in [-0.25, -0.2) is 0 Å². The number of rotatable bonds is 7. The quantitative estimate of drug-likeness (QED) is 0.491. The molecule has 0 atom stereocenters. The lowest BCUT2D eigenvalue weighted by molar-refractivity contribution is 0.199. The summed E-state index contributed by atoms with van der Waals surface area (Å²) in [6.07, 6.45) is 6.95. The van der Waals surface area contributed by atoms with E-state index in [0.29, 0.717) is 0 Å². The van der Waals surface area contributed by atoms with Gasteiger partial charge in [-0.2, -0.15) is 0 Å². The van der Waals surface area contributed by atoms with Crippen LogP contribution < -0.4 is 0 Å². The van der Waals surface area contributed by atoms with E-state index in [1.165, 1.54) is 48.2 Å². The van der Waals surface area contributed by atoms with Gasteiger partial charge in [-0.3, -0.25) is 0 Å². The zero-order valence-corrected chi connectivity index (χ0v) is 15.4. The van der Waals surface area contributed by atoms with Crippen LogP contribution in [0.2, 0.25) is 18.1 Å². The molecule has 20 heavy (non-hydrogen) atoms. The van der Waals surface area contributed by atoms with Gasteiger partial charge in [0.25, 0.3) is 0 Å². The number of halogens is 1. The van der Waals surface area contributed by atoms with Crippen LogP contribution in [-0.4, -0.2) is 22.5 Å². The van der Waals surface area contributed by atoms with Crippen molar-refractivity contribution in [3.8, 4) is 0 Å². The van der Waals surface area contributed by atoms with Crippen molar-refractivity contribution in [2.45, 2.75) is 50.2 Å². The molecule has 0 aliphatic carbocycles. The molecule has 0 amide bonds. The fraction of sp³-hybridized carbons (Fsp3) is 0.647. The summed E-state index contributed by atoms with van der Waals surface area (Å²) in [5, 5.41) is 0. The molecule has 0 unspecified atom stereocenters. The Balaban J connectivity index is 1.63. The molecule has 0 N–H and O–H groups in total. The summed E-state index contributed by atoms with van der Waals surface area (Å²) in [5.74, 6) is 0.991. The van der Waals surface area contributed by atoms with Gasteiger partial charge in [0.15, 0.2) is 0 Å². The molecule has 0 saturated carbocycles. The third kappa shape index (κ3) is 5.70. The summed E-state index contributed by atoms with van der Waals surface area (Å²) >= 11 is 3.50. The normalized spacial score (nSPS) is 22.9. The second-order valence-corrected chi connectivity index (χ2v) is 10.6. The maximum Gasteiger partial charge on any atom is 0.0459 e. The van der Waals surface area contributed by atoms with Crippen molar-refractivity contribution in [1.82, 2.24) is 0 Å². The SMILES string of the molecule is COCCC[Si@H]1CC[C@H](CCc2ccc(Br)cc2)CC1.